The number of esters is 2. The molecular formula is C76H149NO8. The quantitative estimate of drug-likeness (QED) is 0.0256. The number of hydrogen-bond donors (Lipinski definition) is 0. The van der Waals surface area contributed by atoms with Gasteiger partial charge in [-0.3, -0.25) is 9.59 Å². The summed E-state index contributed by atoms with van der Waals surface area (Å²) in [5.74, 6) is -2.24. The molecule has 9 nitrogen and oxygen atoms in total. The van der Waals surface area contributed by atoms with E-state index in [4.69, 9.17) is 18.9 Å². The van der Waals surface area contributed by atoms with Crippen LogP contribution in [0.15, 0.2) is 0 Å². The maximum atomic E-state index is 13.0. The van der Waals surface area contributed by atoms with Crippen molar-refractivity contribution in [3.8, 4) is 0 Å². The van der Waals surface area contributed by atoms with Crippen LogP contribution in [0.5, 0.6) is 0 Å². The van der Waals surface area contributed by atoms with Crippen molar-refractivity contribution < 1.29 is 42.9 Å². The number of carbonyl (C=O) groups excluding carboxylic acids is 3. The summed E-state index contributed by atoms with van der Waals surface area (Å²) >= 11 is 0. The molecule has 0 saturated carbocycles. The number of likely N-dealkylation sites (N-methyl/N-ethyl adjacent to an activating group) is 1. The SMILES string of the molecule is CCCCCCCCCCCCCCCCCCCCCCCCCCCCCCCCCCCC(=O)OC(COC(=O)CCCCCCCCCCCCCCCCCCCCCCCCCCCCC)COC(OCC[N+](C)(C)C)C(=O)[O-]. The van der Waals surface area contributed by atoms with Gasteiger partial charge in [0.05, 0.1) is 40.3 Å². The molecule has 85 heavy (non-hydrogen) atoms. The van der Waals surface area contributed by atoms with Gasteiger partial charge in [0.2, 0.25) is 0 Å². The van der Waals surface area contributed by atoms with Crippen molar-refractivity contribution >= 4 is 17.9 Å². The van der Waals surface area contributed by atoms with Crippen LogP contribution >= 0.6 is 0 Å². The fraction of sp³-hybridized carbons (Fsp3) is 0.961. The molecule has 0 fully saturated rings. The highest BCUT2D eigenvalue weighted by atomic mass is 16.7. The molecule has 0 aromatic rings. The molecule has 0 spiro atoms. The fourth-order valence-electron chi connectivity index (χ4n) is 12.0. The van der Waals surface area contributed by atoms with Crippen LogP contribution in [-0.4, -0.2) is 82.3 Å². The van der Waals surface area contributed by atoms with E-state index in [1.165, 1.54) is 347 Å². The lowest BCUT2D eigenvalue weighted by Crippen LogP contribution is -2.44. The molecule has 0 radical (unpaired) electrons. The van der Waals surface area contributed by atoms with Gasteiger partial charge in [-0.1, -0.05) is 386 Å². The van der Waals surface area contributed by atoms with E-state index in [1.54, 1.807) is 0 Å². The Bertz CT molecular complexity index is 1350. The summed E-state index contributed by atoms with van der Waals surface area (Å²) in [5.41, 5.74) is 0. The molecule has 0 aliphatic rings. The van der Waals surface area contributed by atoms with Gasteiger partial charge in [0.25, 0.3) is 0 Å². The van der Waals surface area contributed by atoms with Crippen molar-refractivity contribution in [1.29, 1.82) is 0 Å². The molecule has 506 valence electrons. The molecule has 0 N–H and O–H groups in total. The number of aliphatic carboxylic acids is 1. The molecule has 0 amide bonds. The first-order chi connectivity index (χ1) is 41.6. The number of ether oxygens (including phenoxy) is 4. The zero-order chi connectivity index (χ0) is 61.9. The third-order valence-corrected chi connectivity index (χ3v) is 17.9. The van der Waals surface area contributed by atoms with E-state index in [9.17, 15) is 19.5 Å². The maximum absolute atomic E-state index is 13.0. The second kappa shape index (κ2) is 68.2. The Morgan fingerprint density at radius 3 is 0.753 bits per heavy atom. The second-order valence-electron chi connectivity index (χ2n) is 27.7. The number of carboxylic acids is 1. The van der Waals surface area contributed by atoms with Crippen molar-refractivity contribution in [1.82, 2.24) is 0 Å². The molecular weight excluding hydrogens is 1050 g/mol. The predicted octanol–water partition coefficient (Wildman–Crippen LogP) is 22.5. The number of carbonyl (C=O) groups is 3. The molecule has 9 heteroatoms. The summed E-state index contributed by atoms with van der Waals surface area (Å²) in [6.45, 7) is 4.85. The molecule has 0 bridgehead atoms. The second-order valence-corrected chi connectivity index (χ2v) is 27.7. The van der Waals surface area contributed by atoms with Gasteiger partial charge in [-0.2, -0.15) is 0 Å². The third kappa shape index (κ3) is 69.6. The van der Waals surface area contributed by atoms with E-state index < -0.39 is 24.3 Å². The van der Waals surface area contributed by atoms with E-state index in [1.807, 2.05) is 21.1 Å². The van der Waals surface area contributed by atoms with Gasteiger partial charge in [-0.15, -0.1) is 0 Å². The van der Waals surface area contributed by atoms with E-state index in [-0.39, 0.29) is 32.2 Å². The molecule has 0 aromatic carbocycles. The average molecular weight is 1210 g/mol. The molecule has 0 aliphatic heterocycles. The minimum absolute atomic E-state index is 0.154. The Morgan fingerprint density at radius 1 is 0.306 bits per heavy atom. The van der Waals surface area contributed by atoms with Gasteiger partial charge >= 0.3 is 11.9 Å². The van der Waals surface area contributed by atoms with Gasteiger partial charge in [0.15, 0.2) is 12.4 Å². The Balaban J connectivity index is 3.98. The lowest BCUT2D eigenvalue weighted by molar-refractivity contribution is -0.870. The minimum Gasteiger partial charge on any atom is -0.545 e. The van der Waals surface area contributed by atoms with E-state index >= 15 is 0 Å². The van der Waals surface area contributed by atoms with Crippen molar-refractivity contribution in [2.45, 2.75) is 424 Å². The van der Waals surface area contributed by atoms with Gasteiger partial charge in [-0.25, -0.2) is 0 Å². The van der Waals surface area contributed by atoms with Crippen molar-refractivity contribution in [3.05, 3.63) is 0 Å². The summed E-state index contributed by atoms with van der Waals surface area (Å²) in [7, 11) is 5.95. The number of rotatable bonds is 73. The van der Waals surface area contributed by atoms with Crippen LogP contribution in [0.4, 0.5) is 0 Å². The summed E-state index contributed by atoms with van der Waals surface area (Å²) in [6, 6.07) is 0. The first-order valence-corrected chi connectivity index (χ1v) is 38.2. The summed E-state index contributed by atoms with van der Waals surface area (Å²) in [4.78, 5) is 37.5. The highest BCUT2D eigenvalue weighted by molar-refractivity contribution is 5.70. The summed E-state index contributed by atoms with van der Waals surface area (Å²) < 4.78 is 22.9. The fourth-order valence-corrected chi connectivity index (χ4v) is 12.0. The third-order valence-electron chi connectivity index (χ3n) is 17.9. The van der Waals surface area contributed by atoms with Gasteiger partial charge < -0.3 is 33.3 Å². The van der Waals surface area contributed by atoms with Gasteiger partial charge in [0.1, 0.15) is 13.2 Å². The highest BCUT2D eigenvalue weighted by Gasteiger charge is 2.22. The number of nitrogens with zero attached hydrogens (tertiary/aromatic N) is 1. The predicted molar refractivity (Wildman–Crippen MR) is 362 cm³/mol. The van der Waals surface area contributed by atoms with Gasteiger partial charge in [-0.05, 0) is 12.8 Å². The van der Waals surface area contributed by atoms with E-state index in [0.717, 1.165) is 38.5 Å². The Hall–Kier alpha value is -1.71. The van der Waals surface area contributed by atoms with Crippen LogP contribution in [0.3, 0.4) is 0 Å². The van der Waals surface area contributed by atoms with Crippen molar-refractivity contribution in [3.63, 3.8) is 0 Å². The largest absolute Gasteiger partial charge is 0.545 e. The summed E-state index contributed by atoms with van der Waals surface area (Å²) in [5, 5.41) is 11.8. The summed E-state index contributed by atoms with van der Waals surface area (Å²) in [6.07, 6.45) is 79.4. The van der Waals surface area contributed by atoms with Crippen LogP contribution in [-0.2, 0) is 33.3 Å². The van der Waals surface area contributed by atoms with Crippen LogP contribution in [0.1, 0.15) is 412 Å². The smallest absolute Gasteiger partial charge is 0.306 e. The molecule has 0 aliphatic carbocycles. The van der Waals surface area contributed by atoms with Crippen molar-refractivity contribution in [2.24, 2.45) is 0 Å². The van der Waals surface area contributed by atoms with Crippen LogP contribution in [0, 0.1) is 0 Å². The standard InChI is InChI=1S/C76H149NO8/c1-6-8-10-12-14-16-18-20-22-24-26-28-30-32-34-35-36-37-38-39-41-43-45-47-49-51-53-55-57-59-61-63-65-67-74(79)85-72(71-84-76(75(80)81)82-69-68-77(3,4)5)70-83-73(78)66-64-62-60-58-56-54-52-50-48-46-44-42-40-33-31-29-27-25-23-21-19-17-15-13-11-9-7-2/h72,76H,6-71H2,1-5H3. The number of hydrogen-bond acceptors (Lipinski definition) is 8. The van der Waals surface area contributed by atoms with E-state index in [2.05, 4.69) is 13.8 Å². The first kappa shape index (κ1) is 83.3. The minimum atomic E-state index is -1.62. The molecule has 2 unspecified atom stereocenters. The molecule has 0 saturated heterocycles. The number of carboxylic acid groups (broad SMARTS) is 1. The lowest BCUT2D eigenvalue weighted by atomic mass is 10.0. The number of unbranched alkanes of at least 4 members (excludes halogenated alkanes) is 58. The van der Waals surface area contributed by atoms with Crippen LogP contribution < -0.4 is 5.11 Å². The monoisotopic (exact) mass is 1200 g/mol. The zero-order valence-corrected chi connectivity index (χ0v) is 58.0. The Morgan fingerprint density at radius 2 is 0.529 bits per heavy atom. The van der Waals surface area contributed by atoms with Crippen LogP contribution in [0.25, 0.3) is 0 Å². The molecule has 0 heterocycles. The number of quaternary nitrogens is 1. The van der Waals surface area contributed by atoms with Crippen LogP contribution in [0.2, 0.25) is 0 Å². The topological polar surface area (TPSA) is 111 Å². The van der Waals surface area contributed by atoms with Gasteiger partial charge in [0, 0.05) is 12.8 Å². The van der Waals surface area contributed by atoms with E-state index in [0.29, 0.717) is 17.4 Å². The Kier molecular flexibility index (Phi) is 66.8. The average Bonchev–Trinajstić information content (AvgIpc) is 3.49. The lowest BCUT2D eigenvalue weighted by Gasteiger charge is -2.26. The molecule has 0 rings (SSSR count). The van der Waals surface area contributed by atoms with Crippen molar-refractivity contribution in [2.75, 3.05) is 47.5 Å². The maximum Gasteiger partial charge on any atom is 0.306 e. The zero-order valence-electron chi connectivity index (χ0n) is 58.0. The Labute approximate surface area is 530 Å². The normalized spacial score (nSPS) is 12.5. The first-order valence-electron chi connectivity index (χ1n) is 38.2. The highest BCUT2D eigenvalue weighted by Crippen LogP contribution is 2.20. The molecule has 2 atom stereocenters. The molecule has 0 aromatic heterocycles.